The lowest BCUT2D eigenvalue weighted by molar-refractivity contribution is -0.162. The minimum atomic E-state index is -0.672. The third-order valence-electron chi connectivity index (χ3n) is 7.82. The van der Waals surface area contributed by atoms with Gasteiger partial charge in [-0.2, -0.15) is 0 Å². The molecule has 1 aliphatic carbocycles. The minimum Gasteiger partial charge on any atom is -0.464 e. The second-order valence-electron chi connectivity index (χ2n) is 10.2. The number of hydrogen-bond acceptors (Lipinski definition) is 4. The minimum absolute atomic E-state index is 0.0924. The Labute approximate surface area is 224 Å². The number of rotatable bonds is 7. The Hall–Kier alpha value is -3.93. The fraction of sp³-hybridized carbons (Fsp3) is 0.344. The van der Waals surface area contributed by atoms with Crippen LogP contribution in [-0.4, -0.2) is 47.4 Å². The van der Waals surface area contributed by atoms with E-state index >= 15 is 0 Å². The van der Waals surface area contributed by atoms with E-state index < -0.39 is 12.0 Å². The molecule has 0 radical (unpaired) electrons. The van der Waals surface area contributed by atoms with Crippen molar-refractivity contribution >= 4 is 17.8 Å². The first-order chi connectivity index (χ1) is 18.6. The van der Waals surface area contributed by atoms with Gasteiger partial charge in [-0.1, -0.05) is 78.9 Å². The molecule has 38 heavy (non-hydrogen) atoms. The SMILES string of the molecule is CCOC(=O)[C@@H]1C2CC[C@@H](CC(NC(=O)c3ccccc3)C2)N1C(=O)C(c1ccccc1)c1ccccc1. The molecule has 3 aromatic carbocycles. The zero-order chi connectivity index (χ0) is 26.5. The van der Waals surface area contributed by atoms with Crippen molar-refractivity contribution in [3.63, 3.8) is 0 Å². The fourth-order valence-electron chi connectivity index (χ4n) is 6.17. The van der Waals surface area contributed by atoms with E-state index in [9.17, 15) is 14.4 Å². The Morgan fingerprint density at radius 3 is 2.00 bits per heavy atom. The summed E-state index contributed by atoms with van der Waals surface area (Å²) >= 11 is 0. The van der Waals surface area contributed by atoms with E-state index in [-0.39, 0.29) is 42.4 Å². The average Bonchev–Trinajstić information content (AvgIpc) is 3.24. The molecule has 2 unspecified atom stereocenters. The van der Waals surface area contributed by atoms with Crippen molar-refractivity contribution in [3.8, 4) is 0 Å². The quantitative estimate of drug-likeness (QED) is 0.457. The molecule has 6 rings (SSSR count). The number of nitrogens with zero attached hydrogens (tertiary/aromatic N) is 1. The Morgan fingerprint density at radius 1 is 0.842 bits per heavy atom. The first-order valence-corrected chi connectivity index (χ1v) is 13.5. The van der Waals surface area contributed by atoms with Gasteiger partial charge >= 0.3 is 5.97 Å². The van der Waals surface area contributed by atoms with Gasteiger partial charge in [0.15, 0.2) is 0 Å². The van der Waals surface area contributed by atoms with E-state index in [1.165, 1.54) is 0 Å². The summed E-state index contributed by atoms with van der Waals surface area (Å²) in [5, 5.41) is 3.19. The second-order valence-corrected chi connectivity index (χ2v) is 10.2. The number of carbonyl (C=O) groups excluding carboxylic acids is 3. The van der Waals surface area contributed by atoms with Gasteiger partial charge in [-0.05, 0) is 61.8 Å². The molecule has 6 nitrogen and oxygen atoms in total. The molecule has 3 aliphatic rings. The van der Waals surface area contributed by atoms with Crippen molar-refractivity contribution < 1.29 is 19.1 Å². The van der Waals surface area contributed by atoms with Crippen LogP contribution in [0.4, 0.5) is 0 Å². The van der Waals surface area contributed by atoms with E-state index in [0.29, 0.717) is 18.4 Å². The second kappa shape index (κ2) is 11.6. The molecule has 2 amide bonds. The van der Waals surface area contributed by atoms with Gasteiger partial charge < -0.3 is 15.0 Å². The maximum atomic E-state index is 14.5. The fourth-order valence-corrected chi connectivity index (χ4v) is 6.17. The van der Waals surface area contributed by atoms with Gasteiger partial charge in [0.1, 0.15) is 6.04 Å². The predicted octanol–water partition coefficient (Wildman–Crippen LogP) is 4.95. The molecule has 2 bridgehead atoms. The number of nitrogens with one attached hydrogen (secondary N) is 1. The smallest absolute Gasteiger partial charge is 0.329 e. The molecule has 6 heteroatoms. The Morgan fingerprint density at radius 2 is 1.42 bits per heavy atom. The van der Waals surface area contributed by atoms with Crippen molar-refractivity contribution in [1.29, 1.82) is 0 Å². The molecule has 0 aromatic heterocycles. The highest BCUT2D eigenvalue weighted by Crippen LogP contribution is 2.41. The van der Waals surface area contributed by atoms with Crippen LogP contribution in [-0.2, 0) is 14.3 Å². The zero-order valence-corrected chi connectivity index (χ0v) is 21.7. The summed E-state index contributed by atoms with van der Waals surface area (Å²) in [6, 6.07) is 27.7. The lowest BCUT2D eigenvalue weighted by Crippen LogP contribution is -2.57. The third-order valence-corrected chi connectivity index (χ3v) is 7.82. The van der Waals surface area contributed by atoms with Gasteiger partial charge in [0.05, 0.1) is 12.5 Å². The number of carbonyl (C=O) groups is 3. The van der Waals surface area contributed by atoms with E-state index in [1.807, 2.05) is 83.8 Å². The maximum Gasteiger partial charge on any atom is 0.329 e. The highest BCUT2D eigenvalue weighted by molar-refractivity contribution is 5.94. The van der Waals surface area contributed by atoms with E-state index in [0.717, 1.165) is 24.0 Å². The molecule has 0 spiro atoms. The number of benzene rings is 3. The first kappa shape index (κ1) is 25.7. The van der Waals surface area contributed by atoms with Crippen LogP contribution in [0.2, 0.25) is 0 Å². The van der Waals surface area contributed by atoms with Gasteiger partial charge in [0, 0.05) is 17.6 Å². The maximum absolute atomic E-state index is 14.5. The van der Waals surface area contributed by atoms with Gasteiger partial charge in [-0.25, -0.2) is 4.79 Å². The van der Waals surface area contributed by atoms with Crippen LogP contribution in [0.25, 0.3) is 0 Å². The van der Waals surface area contributed by atoms with E-state index in [1.54, 1.807) is 19.1 Å². The standard InChI is InChI=1S/C32H34N2O4/c1-2-38-32(37)29-25-18-19-27(21-26(20-25)33-30(35)24-16-10-5-11-17-24)34(29)31(36)28(22-12-6-3-7-13-22)23-14-8-4-9-15-23/h3-17,25-29H,2,18-21H2,1H3,(H,33,35)/t25?,26?,27-,29-/m0/s1. The molecule has 3 aromatic rings. The Balaban J connectivity index is 1.49. The topological polar surface area (TPSA) is 75.7 Å². The monoisotopic (exact) mass is 510 g/mol. The van der Waals surface area contributed by atoms with Crippen LogP contribution in [0.3, 0.4) is 0 Å². The summed E-state index contributed by atoms with van der Waals surface area (Å²) in [7, 11) is 0. The number of hydrogen-bond donors (Lipinski definition) is 1. The van der Waals surface area contributed by atoms with Crippen molar-refractivity contribution in [2.24, 2.45) is 5.92 Å². The van der Waals surface area contributed by atoms with Gasteiger partial charge in [-0.3, -0.25) is 9.59 Å². The molecule has 3 fully saturated rings. The molecule has 1 N–H and O–H groups in total. The normalized spacial score (nSPS) is 22.5. The van der Waals surface area contributed by atoms with Crippen molar-refractivity contribution in [3.05, 3.63) is 108 Å². The molecule has 2 saturated heterocycles. The highest BCUT2D eigenvalue weighted by atomic mass is 16.5. The number of ether oxygens (including phenoxy) is 1. The number of fused-ring (bicyclic) bond motifs is 4. The summed E-state index contributed by atoms with van der Waals surface area (Å²) in [5.41, 5.74) is 2.38. The summed E-state index contributed by atoms with van der Waals surface area (Å²) in [5.74, 6) is -1.21. The summed E-state index contributed by atoms with van der Waals surface area (Å²) in [4.78, 5) is 42.7. The van der Waals surface area contributed by atoms with Crippen LogP contribution in [0.1, 0.15) is 60.0 Å². The molecule has 2 heterocycles. The third kappa shape index (κ3) is 5.35. The first-order valence-electron chi connectivity index (χ1n) is 13.5. The van der Waals surface area contributed by atoms with Crippen molar-refractivity contribution in [2.75, 3.05) is 6.61 Å². The molecule has 2 aliphatic heterocycles. The lowest BCUT2D eigenvalue weighted by Gasteiger charge is -2.44. The summed E-state index contributed by atoms with van der Waals surface area (Å²) in [6.07, 6.45) is 2.84. The van der Waals surface area contributed by atoms with Gasteiger partial charge in [0.2, 0.25) is 5.91 Å². The van der Waals surface area contributed by atoms with Crippen LogP contribution >= 0.6 is 0 Å². The number of amides is 2. The van der Waals surface area contributed by atoms with Crippen molar-refractivity contribution in [2.45, 2.75) is 56.7 Å². The van der Waals surface area contributed by atoms with Crippen LogP contribution in [0.15, 0.2) is 91.0 Å². The zero-order valence-electron chi connectivity index (χ0n) is 21.7. The van der Waals surface area contributed by atoms with Crippen molar-refractivity contribution in [1.82, 2.24) is 10.2 Å². The van der Waals surface area contributed by atoms with Crippen LogP contribution < -0.4 is 5.32 Å². The van der Waals surface area contributed by atoms with Crippen LogP contribution in [0, 0.1) is 5.92 Å². The Kier molecular flexibility index (Phi) is 7.87. The van der Waals surface area contributed by atoms with Gasteiger partial charge in [0.25, 0.3) is 5.91 Å². The average molecular weight is 511 g/mol. The van der Waals surface area contributed by atoms with Crippen LogP contribution in [0.5, 0.6) is 0 Å². The molecule has 4 atom stereocenters. The number of esters is 1. The highest BCUT2D eigenvalue weighted by Gasteiger charge is 2.50. The summed E-state index contributed by atoms with van der Waals surface area (Å²) < 4.78 is 5.53. The molecular formula is C32H34N2O4. The largest absolute Gasteiger partial charge is 0.464 e. The van der Waals surface area contributed by atoms with Gasteiger partial charge in [-0.15, -0.1) is 0 Å². The molecule has 1 saturated carbocycles. The lowest BCUT2D eigenvalue weighted by atomic mass is 9.83. The number of piperidine rings is 1. The Bertz CT molecular complexity index is 1210. The predicted molar refractivity (Wildman–Crippen MR) is 145 cm³/mol. The molecular weight excluding hydrogens is 476 g/mol. The molecule has 196 valence electrons. The summed E-state index contributed by atoms with van der Waals surface area (Å²) in [6.45, 7) is 2.04. The van der Waals surface area contributed by atoms with E-state index in [4.69, 9.17) is 4.74 Å². The van der Waals surface area contributed by atoms with E-state index in [2.05, 4.69) is 5.32 Å².